The van der Waals surface area contributed by atoms with E-state index in [9.17, 15) is 13.7 Å². The Morgan fingerprint density at radius 2 is 1.44 bits per heavy atom. The van der Waals surface area contributed by atoms with Crippen LogP contribution in [0.1, 0.15) is 38.5 Å². The molecule has 0 saturated carbocycles. The van der Waals surface area contributed by atoms with Crippen LogP contribution in [-0.2, 0) is 9.84 Å². The highest BCUT2D eigenvalue weighted by atomic mass is 32.2. The molecule has 5 nitrogen and oxygen atoms in total. The van der Waals surface area contributed by atoms with Gasteiger partial charge in [-0.2, -0.15) is 5.26 Å². The normalized spacial score (nSPS) is 20.8. The number of hydrogen-bond acceptors (Lipinski definition) is 5. The van der Waals surface area contributed by atoms with Crippen molar-refractivity contribution in [2.24, 2.45) is 0 Å². The molecule has 2 N–H and O–H groups in total. The lowest BCUT2D eigenvalue weighted by atomic mass is 9.98. The molecular weight excluding hydrogens is 336 g/mol. The van der Waals surface area contributed by atoms with Crippen LogP contribution in [0.15, 0.2) is 65.1 Å². The minimum absolute atomic E-state index is 0.0377. The second-order valence-corrected chi connectivity index (χ2v) is 8.02. The van der Waals surface area contributed by atoms with Crippen LogP contribution < -0.4 is 5.73 Å². The Hall–Kier alpha value is -3.04. The maximum absolute atomic E-state index is 13.4. The van der Waals surface area contributed by atoms with Crippen molar-refractivity contribution in [1.82, 2.24) is 0 Å². The molecule has 0 saturated heterocycles. The van der Waals surface area contributed by atoms with Crippen molar-refractivity contribution in [2.75, 3.05) is 5.73 Å². The van der Waals surface area contributed by atoms with E-state index in [0.717, 1.165) is 0 Å². The Bertz CT molecular complexity index is 1080. The second kappa shape index (κ2) is 5.50. The standard InChI is InChI=1S/C19H14N2O3S/c20-11-14-15-16(24-19(14)21)18(13-9-5-2-6-10-13)25(22,23)17(15)12-7-3-1-4-8-12/h1-10,17-18H,21H2. The number of anilines is 1. The van der Waals surface area contributed by atoms with Crippen molar-refractivity contribution in [3.63, 3.8) is 0 Å². The van der Waals surface area contributed by atoms with E-state index in [1.54, 1.807) is 48.5 Å². The van der Waals surface area contributed by atoms with Crippen LogP contribution in [0, 0.1) is 11.3 Å². The predicted molar refractivity (Wildman–Crippen MR) is 93.3 cm³/mol. The van der Waals surface area contributed by atoms with E-state index in [0.29, 0.717) is 16.7 Å². The van der Waals surface area contributed by atoms with Crippen molar-refractivity contribution < 1.29 is 12.8 Å². The number of nitriles is 1. The van der Waals surface area contributed by atoms with Gasteiger partial charge in [-0.25, -0.2) is 8.42 Å². The number of hydrogen-bond donors (Lipinski definition) is 1. The molecule has 0 aliphatic carbocycles. The summed E-state index contributed by atoms with van der Waals surface area (Å²) in [4.78, 5) is 0. The van der Waals surface area contributed by atoms with E-state index in [-0.39, 0.29) is 17.2 Å². The Kier molecular flexibility index (Phi) is 3.41. The Morgan fingerprint density at radius 3 is 1.96 bits per heavy atom. The Labute approximate surface area is 145 Å². The van der Waals surface area contributed by atoms with Crippen LogP contribution in [0.25, 0.3) is 0 Å². The lowest BCUT2D eigenvalue weighted by Gasteiger charge is -2.15. The zero-order valence-electron chi connectivity index (χ0n) is 13.1. The van der Waals surface area contributed by atoms with Gasteiger partial charge in [-0.15, -0.1) is 0 Å². The van der Waals surface area contributed by atoms with Gasteiger partial charge in [-0.05, 0) is 11.1 Å². The average molecular weight is 350 g/mol. The average Bonchev–Trinajstić information content (AvgIpc) is 3.03. The molecule has 2 heterocycles. The fourth-order valence-electron chi connectivity index (χ4n) is 3.45. The number of nitrogens with zero attached hydrogens (tertiary/aromatic N) is 1. The third kappa shape index (κ3) is 2.17. The fourth-order valence-corrected chi connectivity index (χ4v) is 5.83. The number of nitrogen functional groups attached to an aromatic ring is 1. The monoisotopic (exact) mass is 350 g/mol. The molecule has 0 radical (unpaired) electrons. The molecule has 6 heteroatoms. The first-order valence-corrected chi connectivity index (χ1v) is 9.31. The Morgan fingerprint density at radius 1 is 0.920 bits per heavy atom. The van der Waals surface area contributed by atoms with Crippen LogP contribution in [0.2, 0.25) is 0 Å². The van der Waals surface area contributed by atoms with Gasteiger partial charge in [0.15, 0.2) is 9.84 Å². The molecule has 2 aromatic carbocycles. The molecule has 1 aliphatic rings. The number of rotatable bonds is 2. The topological polar surface area (TPSA) is 97.1 Å². The summed E-state index contributed by atoms with van der Waals surface area (Å²) in [7, 11) is -3.70. The van der Waals surface area contributed by atoms with Crippen molar-refractivity contribution in [3.8, 4) is 6.07 Å². The first-order valence-electron chi connectivity index (χ1n) is 7.70. The zero-order chi connectivity index (χ0) is 17.6. The zero-order valence-corrected chi connectivity index (χ0v) is 13.9. The van der Waals surface area contributed by atoms with E-state index in [1.165, 1.54) is 0 Å². The van der Waals surface area contributed by atoms with E-state index in [4.69, 9.17) is 10.2 Å². The minimum Gasteiger partial charge on any atom is -0.442 e. The third-order valence-electron chi connectivity index (χ3n) is 4.47. The van der Waals surface area contributed by atoms with Gasteiger partial charge in [-0.3, -0.25) is 0 Å². The summed E-state index contributed by atoms with van der Waals surface area (Å²) in [5.41, 5.74) is 7.51. The molecule has 0 bridgehead atoms. The van der Waals surface area contributed by atoms with Crippen LogP contribution in [-0.4, -0.2) is 8.42 Å². The van der Waals surface area contributed by atoms with E-state index >= 15 is 0 Å². The molecule has 0 fully saturated rings. The third-order valence-corrected chi connectivity index (χ3v) is 6.78. The van der Waals surface area contributed by atoms with Gasteiger partial charge in [0.05, 0.1) is 0 Å². The van der Waals surface area contributed by atoms with Crippen LogP contribution >= 0.6 is 0 Å². The number of nitrogens with two attached hydrogens (primary N) is 1. The highest BCUT2D eigenvalue weighted by Gasteiger charge is 2.51. The van der Waals surface area contributed by atoms with E-state index in [1.807, 2.05) is 18.2 Å². The highest BCUT2D eigenvalue weighted by molar-refractivity contribution is 7.92. The van der Waals surface area contributed by atoms with E-state index in [2.05, 4.69) is 0 Å². The van der Waals surface area contributed by atoms with Gasteiger partial charge in [0.1, 0.15) is 27.9 Å². The lowest BCUT2D eigenvalue weighted by Crippen LogP contribution is -2.15. The molecule has 25 heavy (non-hydrogen) atoms. The molecular formula is C19H14N2O3S. The number of benzene rings is 2. The van der Waals surface area contributed by atoms with Gasteiger partial charge in [0.2, 0.25) is 5.88 Å². The summed E-state index contributed by atoms with van der Waals surface area (Å²) in [6, 6.07) is 19.7. The molecule has 1 aliphatic heterocycles. The molecule has 2 atom stereocenters. The summed E-state index contributed by atoms with van der Waals surface area (Å²) in [5, 5.41) is 7.54. The highest BCUT2D eigenvalue weighted by Crippen LogP contribution is 2.54. The summed E-state index contributed by atoms with van der Waals surface area (Å²) in [6.07, 6.45) is 0. The van der Waals surface area contributed by atoms with Gasteiger partial charge in [0, 0.05) is 5.56 Å². The second-order valence-electron chi connectivity index (χ2n) is 5.90. The van der Waals surface area contributed by atoms with Crippen molar-refractivity contribution in [3.05, 3.63) is 88.7 Å². The fraction of sp³-hybridized carbons (Fsp3) is 0.105. The molecule has 1 aromatic heterocycles. The maximum atomic E-state index is 13.4. The molecule has 124 valence electrons. The minimum atomic E-state index is -3.70. The van der Waals surface area contributed by atoms with Crippen molar-refractivity contribution in [1.29, 1.82) is 5.26 Å². The molecule has 0 amide bonds. The number of fused-ring (bicyclic) bond motifs is 1. The predicted octanol–water partition coefficient (Wildman–Crippen LogP) is 3.34. The van der Waals surface area contributed by atoms with Crippen molar-refractivity contribution in [2.45, 2.75) is 10.5 Å². The summed E-state index contributed by atoms with van der Waals surface area (Å²) < 4.78 is 32.3. The van der Waals surface area contributed by atoms with Crippen LogP contribution in [0.3, 0.4) is 0 Å². The molecule has 3 aromatic rings. The smallest absolute Gasteiger partial charge is 0.208 e. The van der Waals surface area contributed by atoms with E-state index < -0.39 is 20.3 Å². The molecule has 2 unspecified atom stereocenters. The largest absolute Gasteiger partial charge is 0.442 e. The van der Waals surface area contributed by atoms with Crippen molar-refractivity contribution >= 4 is 15.7 Å². The number of furan rings is 1. The van der Waals surface area contributed by atoms with Gasteiger partial charge >= 0.3 is 0 Å². The maximum Gasteiger partial charge on any atom is 0.208 e. The van der Waals surface area contributed by atoms with Crippen LogP contribution in [0.5, 0.6) is 0 Å². The first kappa shape index (κ1) is 15.5. The quantitative estimate of drug-likeness (QED) is 0.764. The van der Waals surface area contributed by atoms with Gasteiger partial charge in [0.25, 0.3) is 0 Å². The first-order chi connectivity index (χ1) is 12.1. The molecule has 4 rings (SSSR count). The van der Waals surface area contributed by atoms with Gasteiger partial charge in [-0.1, -0.05) is 60.7 Å². The summed E-state index contributed by atoms with van der Waals surface area (Å²) in [5.74, 6) is 0.207. The van der Waals surface area contributed by atoms with Gasteiger partial charge < -0.3 is 10.2 Å². The number of sulfone groups is 1. The summed E-state index contributed by atoms with van der Waals surface area (Å²) >= 11 is 0. The SMILES string of the molecule is N#Cc1c(N)oc2c1C(c1ccccc1)S(=O)(=O)C2c1ccccc1. The lowest BCUT2D eigenvalue weighted by molar-refractivity contribution is 0.526. The molecule has 0 spiro atoms. The summed E-state index contributed by atoms with van der Waals surface area (Å²) in [6.45, 7) is 0. The Balaban J connectivity index is 2.04. The van der Waals surface area contributed by atoms with Crippen LogP contribution in [0.4, 0.5) is 5.88 Å².